The fourth-order valence-corrected chi connectivity index (χ4v) is 1.79. The van der Waals surface area contributed by atoms with Crippen molar-refractivity contribution in [3.63, 3.8) is 0 Å². The first kappa shape index (κ1) is 10.5. The monoisotopic (exact) mass is 243 g/mol. The number of carboxylic acids is 1. The van der Waals surface area contributed by atoms with E-state index in [0.717, 1.165) is 11.0 Å². The molecule has 0 spiro atoms. The molecule has 18 heavy (non-hydrogen) atoms. The molecule has 0 fully saturated rings. The molecule has 0 bridgehead atoms. The van der Waals surface area contributed by atoms with Crippen molar-refractivity contribution in [2.45, 2.75) is 6.54 Å². The van der Waals surface area contributed by atoms with E-state index >= 15 is 0 Å². The lowest BCUT2D eigenvalue weighted by Gasteiger charge is -1.99. The molecule has 0 saturated carbocycles. The van der Waals surface area contributed by atoms with Gasteiger partial charge in [0.2, 0.25) is 0 Å². The van der Waals surface area contributed by atoms with Crippen molar-refractivity contribution in [2.24, 2.45) is 0 Å². The minimum Gasteiger partial charge on any atom is -0.476 e. The summed E-state index contributed by atoms with van der Waals surface area (Å²) in [7, 11) is 0. The van der Waals surface area contributed by atoms with Crippen LogP contribution in [0.3, 0.4) is 0 Å². The zero-order chi connectivity index (χ0) is 12.5. The van der Waals surface area contributed by atoms with E-state index in [1.165, 1.54) is 6.07 Å². The number of para-hydroxylation sites is 2. The zero-order valence-electron chi connectivity index (χ0n) is 9.28. The highest BCUT2D eigenvalue weighted by Gasteiger charge is 2.11. The van der Waals surface area contributed by atoms with Gasteiger partial charge < -0.3 is 14.2 Å². The summed E-state index contributed by atoms with van der Waals surface area (Å²) in [4.78, 5) is 14.9. The van der Waals surface area contributed by atoms with Crippen molar-refractivity contribution in [2.75, 3.05) is 0 Å². The highest BCUT2D eigenvalue weighted by Crippen LogP contribution is 2.14. The first-order valence-electron chi connectivity index (χ1n) is 5.33. The topological polar surface area (TPSA) is 81.1 Å². The fourth-order valence-electron chi connectivity index (χ4n) is 1.79. The van der Waals surface area contributed by atoms with Crippen LogP contribution in [0, 0.1) is 0 Å². The van der Waals surface area contributed by atoms with E-state index in [9.17, 15) is 4.79 Å². The fraction of sp³-hybridized carbons (Fsp3) is 0.0833. The largest absolute Gasteiger partial charge is 0.476 e. The van der Waals surface area contributed by atoms with Crippen LogP contribution in [-0.2, 0) is 6.54 Å². The van der Waals surface area contributed by atoms with Crippen LogP contribution in [-0.4, -0.2) is 25.8 Å². The Balaban J connectivity index is 1.93. The van der Waals surface area contributed by atoms with Crippen molar-refractivity contribution in [3.05, 3.63) is 48.1 Å². The average molecular weight is 243 g/mol. The summed E-state index contributed by atoms with van der Waals surface area (Å²) in [6, 6.07) is 9.10. The number of hydrogen-bond donors (Lipinski definition) is 1. The van der Waals surface area contributed by atoms with Crippen molar-refractivity contribution >= 4 is 17.0 Å². The predicted molar refractivity (Wildman–Crippen MR) is 62.3 cm³/mol. The SMILES string of the molecule is O=C(O)c1cc(Cn2cnc3ccccc32)on1. The van der Waals surface area contributed by atoms with Crippen LogP contribution in [0.25, 0.3) is 11.0 Å². The maximum atomic E-state index is 10.7. The van der Waals surface area contributed by atoms with Crippen LogP contribution in [0.1, 0.15) is 16.2 Å². The van der Waals surface area contributed by atoms with Gasteiger partial charge in [-0.05, 0) is 12.1 Å². The first-order valence-corrected chi connectivity index (χ1v) is 5.33. The molecule has 0 amide bonds. The first-order chi connectivity index (χ1) is 8.74. The summed E-state index contributed by atoms with van der Waals surface area (Å²) >= 11 is 0. The van der Waals surface area contributed by atoms with Gasteiger partial charge in [0.05, 0.1) is 23.9 Å². The number of hydrogen-bond acceptors (Lipinski definition) is 4. The Morgan fingerprint density at radius 1 is 1.39 bits per heavy atom. The number of aromatic carboxylic acids is 1. The molecule has 0 saturated heterocycles. The van der Waals surface area contributed by atoms with Crippen LogP contribution >= 0.6 is 0 Å². The maximum absolute atomic E-state index is 10.7. The third-order valence-corrected chi connectivity index (χ3v) is 2.63. The van der Waals surface area contributed by atoms with Crippen molar-refractivity contribution < 1.29 is 14.4 Å². The summed E-state index contributed by atoms with van der Waals surface area (Å²) < 4.78 is 6.85. The van der Waals surface area contributed by atoms with Gasteiger partial charge in [-0.25, -0.2) is 9.78 Å². The van der Waals surface area contributed by atoms with Gasteiger partial charge in [-0.15, -0.1) is 0 Å². The Labute approximate surface area is 101 Å². The second-order valence-electron chi connectivity index (χ2n) is 3.84. The molecular formula is C12H9N3O3. The number of imidazole rings is 1. The maximum Gasteiger partial charge on any atom is 0.358 e. The summed E-state index contributed by atoms with van der Waals surface area (Å²) in [5.74, 6) is -0.615. The number of benzene rings is 1. The van der Waals surface area contributed by atoms with Gasteiger partial charge in [-0.1, -0.05) is 17.3 Å². The Bertz CT molecular complexity index is 714. The lowest BCUT2D eigenvalue weighted by Crippen LogP contribution is -1.97. The van der Waals surface area contributed by atoms with Crippen LogP contribution < -0.4 is 0 Å². The second-order valence-corrected chi connectivity index (χ2v) is 3.84. The quantitative estimate of drug-likeness (QED) is 0.758. The Kier molecular flexibility index (Phi) is 2.33. The van der Waals surface area contributed by atoms with E-state index in [1.807, 2.05) is 28.8 Å². The Hall–Kier alpha value is -2.63. The molecule has 6 nitrogen and oxygen atoms in total. The molecule has 0 aliphatic carbocycles. The molecule has 1 N–H and O–H groups in total. The van der Waals surface area contributed by atoms with E-state index in [-0.39, 0.29) is 5.69 Å². The Morgan fingerprint density at radius 2 is 2.22 bits per heavy atom. The minimum atomic E-state index is -1.10. The molecule has 6 heteroatoms. The number of aromatic nitrogens is 3. The van der Waals surface area contributed by atoms with Crippen LogP contribution in [0.2, 0.25) is 0 Å². The average Bonchev–Trinajstić information content (AvgIpc) is 2.98. The minimum absolute atomic E-state index is 0.0885. The smallest absolute Gasteiger partial charge is 0.358 e. The number of fused-ring (bicyclic) bond motifs is 1. The molecule has 0 aliphatic heterocycles. The number of nitrogens with zero attached hydrogens (tertiary/aromatic N) is 3. The predicted octanol–water partition coefficient (Wildman–Crippen LogP) is 1.77. The summed E-state index contributed by atoms with van der Waals surface area (Å²) in [6.45, 7) is 0.404. The number of carboxylic acid groups (broad SMARTS) is 1. The Morgan fingerprint density at radius 3 is 3.00 bits per heavy atom. The van der Waals surface area contributed by atoms with Crippen LogP contribution in [0.15, 0.2) is 41.2 Å². The van der Waals surface area contributed by atoms with Gasteiger partial charge in [0, 0.05) is 6.07 Å². The molecule has 2 aromatic heterocycles. The molecule has 0 radical (unpaired) electrons. The van der Waals surface area contributed by atoms with E-state index < -0.39 is 5.97 Å². The molecular weight excluding hydrogens is 234 g/mol. The normalized spacial score (nSPS) is 10.9. The van der Waals surface area contributed by atoms with Gasteiger partial charge in [-0.2, -0.15) is 0 Å². The van der Waals surface area contributed by atoms with E-state index in [1.54, 1.807) is 6.33 Å². The summed E-state index contributed by atoms with van der Waals surface area (Å²) in [5, 5.41) is 12.2. The molecule has 90 valence electrons. The number of carbonyl (C=O) groups is 1. The van der Waals surface area contributed by atoms with Gasteiger partial charge >= 0.3 is 5.97 Å². The molecule has 0 atom stereocenters. The lowest BCUT2D eigenvalue weighted by atomic mass is 10.3. The molecule has 3 rings (SSSR count). The van der Waals surface area contributed by atoms with E-state index in [0.29, 0.717) is 12.3 Å². The standard InChI is InChI=1S/C12H9N3O3/c16-12(17)10-5-8(18-14-10)6-15-7-13-9-3-1-2-4-11(9)15/h1-5,7H,6H2,(H,16,17). The molecule has 0 aliphatic rings. The molecule has 3 aromatic rings. The van der Waals surface area contributed by atoms with E-state index in [2.05, 4.69) is 10.1 Å². The van der Waals surface area contributed by atoms with Crippen molar-refractivity contribution in [1.82, 2.24) is 14.7 Å². The van der Waals surface area contributed by atoms with E-state index in [4.69, 9.17) is 9.63 Å². The second kappa shape index (κ2) is 3.99. The highest BCUT2D eigenvalue weighted by atomic mass is 16.5. The third kappa shape index (κ3) is 1.73. The summed E-state index contributed by atoms with van der Waals surface area (Å²) in [6.07, 6.45) is 1.69. The lowest BCUT2D eigenvalue weighted by molar-refractivity contribution is 0.0685. The third-order valence-electron chi connectivity index (χ3n) is 2.63. The molecule has 2 heterocycles. The van der Waals surface area contributed by atoms with Crippen LogP contribution in [0.4, 0.5) is 0 Å². The zero-order valence-corrected chi connectivity index (χ0v) is 9.28. The molecule has 1 aromatic carbocycles. The highest BCUT2D eigenvalue weighted by molar-refractivity contribution is 5.85. The molecule has 0 unspecified atom stereocenters. The number of rotatable bonds is 3. The van der Waals surface area contributed by atoms with Gasteiger partial charge in [0.1, 0.15) is 0 Å². The summed E-state index contributed by atoms with van der Waals surface area (Å²) in [5.41, 5.74) is 1.76. The van der Waals surface area contributed by atoms with Gasteiger partial charge in [0.25, 0.3) is 0 Å². The van der Waals surface area contributed by atoms with Gasteiger partial charge in [-0.3, -0.25) is 0 Å². The van der Waals surface area contributed by atoms with Crippen molar-refractivity contribution in [3.8, 4) is 0 Å². The van der Waals surface area contributed by atoms with Crippen molar-refractivity contribution in [1.29, 1.82) is 0 Å². The van der Waals surface area contributed by atoms with Crippen LogP contribution in [0.5, 0.6) is 0 Å². The van der Waals surface area contributed by atoms with Gasteiger partial charge in [0.15, 0.2) is 11.5 Å².